The Kier molecular flexibility index (Phi) is 4.11. The van der Waals surface area contributed by atoms with Crippen LogP contribution in [0.2, 0.25) is 0 Å². The minimum atomic E-state index is -4.40. The number of carbonyl (C=O) groups is 1. The predicted molar refractivity (Wildman–Crippen MR) is 71.5 cm³/mol. The molecule has 2 rings (SSSR count). The van der Waals surface area contributed by atoms with E-state index >= 15 is 0 Å². The van der Waals surface area contributed by atoms with Gasteiger partial charge in [-0.1, -0.05) is 18.2 Å². The minimum Gasteiger partial charge on any atom is -0.366 e. The smallest absolute Gasteiger partial charge is 0.366 e. The Morgan fingerprint density at radius 3 is 2.48 bits per heavy atom. The van der Waals surface area contributed by atoms with Gasteiger partial charge in [-0.25, -0.2) is 4.98 Å². The van der Waals surface area contributed by atoms with Crippen molar-refractivity contribution in [3.63, 3.8) is 0 Å². The second-order valence-electron chi connectivity index (χ2n) is 4.30. The molecule has 7 heteroatoms. The lowest BCUT2D eigenvalue weighted by molar-refractivity contribution is -0.138. The highest BCUT2D eigenvalue weighted by Gasteiger charge is 2.32. The Balaban J connectivity index is 2.12. The average molecular weight is 295 g/mol. The van der Waals surface area contributed by atoms with Gasteiger partial charge in [0.2, 0.25) is 5.91 Å². The molecule has 0 fully saturated rings. The third-order valence-corrected chi connectivity index (χ3v) is 2.83. The summed E-state index contributed by atoms with van der Waals surface area (Å²) in [7, 11) is 0. The number of nitrogens with zero attached hydrogens (tertiary/aromatic N) is 1. The van der Waals surface area contributed by atoms with Gasteiger partial charge in [-0.15, -0.1) is 0 Å². The van der Waals surface area contributed by atoms with E-state index in [9.17, 15) is 18.0 Å². The van der Waals surface area contributed by atoms with E-state index in [0.717, 1.165) is 6.07 Å². The zero-order chi connectivity index (χ0) is 15.5. The number of amides is 1. The lowest BCUT2D eigenvalue weighted by Gasteiger charge is -2.13. The molecular formula is C14H12F3N3O. The van der Waals surface area contributed by atoms with Crippen molar-refractivity contribution in [3.05, 3.63) is 59.3 Å². The Morgan fingerprint density at radius 2 is 1.90 bits per heavy atom. The normalized spacial score (nSPS) is 11.2. The molecule has 0 unspecified atom stereocenters. The molecule has 0 aliphatic carbocycles. The number of primary amides is 1. The maximum Gasteiger partial charge on any atom is 0.416 e. The van der Waals surface area contributed by atoms with Gasteiger partial charge < -0.3 is 11.1 Å². The molecule has 0 aliphatic heterocycles. The summed E-state index contributed by atoms with van der Waals surface area (Å²) < 4.78 is 38.5. The Hall–Kier alpha value is -2.57. The zero-order valence-corrected chi connectivity index (χ0v) is 10.8. The van der Waals surface area contributed by atoms with E-state index in [2.05, 4.69) is 10.3 Å². The first-order chi connectivity index (χ1) is 9.88. The highest BCUT2D eigenvalue weighted by Crippen LogP contribution is 2.32. The van der Waals surface area contributed by atoms with E-state index in [1.54, 1.807) is 0 Å². The topological polar surface area (TPSA) is 68.0 Å². The Bertz CT molecular complexity index is 639. The van der Waals surface area contributed by atoms with E-state index in [1.165, 1.54) is 36.5 Å². The van der Waals surface area contributed by atoms with Crippen molar-refractivity contribution in [2.24, 2.45) is 5.73 Å². The van der Waals surface area contributed by atoms with Gasteiger partial charge in [-0.3, -0.25) is 4.79 Å². The molecule has 3 N–H and O–H groups in total. The second kappa shape index (κ2) is 5.82. The van der Waals surface area contributed by atoms with Crippen LogP contribution >= 0.6 is 0 Å². The van der Waals surface area contributed by atoms with Crippen LogP contribution in [0, 0.1) is 0 Å². The molecule has 0 atom stereocenters. The largest absolute Gasteiger partial charge is 0.416 e. The molecule has 0 saturated heterocycles. The van der Waals surface area contributed by atoms with Crippen molar-refractivity contribution in [1.29, 1.82) is 0 Å². The van der Waals surface area contributed by atoms with Gasteiger partial charge in [-0.05, 0) is 23.8 Å². The number of rotatable bonds is 4. The first-order valence-corrected chi connectivity index (χ1v) is 6.03. The molecule has 2 aromatic rings. The van der Waals surface area contributed by atoms with Crippen LogP contribution in [0.1, 0.15) is 21.5 Å². The van der Waals surface area contributed by atoms with Crippen molar-refractivity contribution in [3.8, 4) is 0 Å². The maximum absolute atomic E-state index is 12.8. The molecule has 1 aromatic carbocycles. The number of hydrogen-bond acceptors (Lipinski definition) is 3. The molecule has 110 valence electrons. The van der Waals surface area contributed by atoms with Crippen LogP contribution in [-0.4, -0.2) is 10.9 Å². The third-order valence-electron chi connectivity index (χ3n) is 2.83. The quantitative estimate of drug-likeness (QED) is 0.911. The number of anilines is 1. The monoisotopic (exact) mass is 295 g/mol. The molecule has 0 saturated carbocycles. The summed E-state index contributed by atoms with van der Waals surface area (Å²) in [4.78, 5) is 14.8. The Morgan fingerprint density at radius 1 is 1.19 bits per heavy atom. The van der Waals surface area contributed by atoms with Crippen molar-refractivity contribution < 1.29 is 18.0 Å². The summed E-state index contributed by atoms with van der Waals surface area (Å²) in [6, 6.07) is 8.24. The van der Waals surface area contributed by atoms with Crippen LogP contribution in [0.25, 0.3) is 0 Å². The number of hydrogen-bond donors (Lipinski definition) is 2. The number of benzene rings is 1. The summed E-state index contributed by atoms with van der Waals surface area (Å²) in [5.41, 5.74) is 4.73. The number of alkyl halides is 3. The van der Waals surface area contributed by atoms with Crippen LogP contribution in [-0.2, 0) is 12.7 Å². The summed E-state index contributed by atoms with van der Waals surface area (Å²) in [6.45, 7) is -0.0292. The predicted octanol–water partition coefficient (Wildman–Crippen LogP) is 2.81. The first-order valence-electron chi connectivity index (χ1n) is 6.03. The van der Waals surface area contributed by atoms with Crippen LogP contribution < -0.4 is 11.1 Å². The van der Waals surface area contributed by atoms with E-state index in [4.69, 9.17) is 5.73 Å². The molecule has 0 radical (unpaired) electrons. The molecule has 21 heavy (non-hydrogen) atoms. The Labute approximate surface area is 118 Å². The maximum atomic E-state index is 12.8. The van der Waals surface area contributed by atoms with Gasteiger partial charge in [0, 0.05) is 12.7 Å². The molecule has 0 spiro atoms. The second-order valence-corrected chi connectivity index (χ2v) is 4.30. The number of halogens is 3. The highest BCUT2D eigenvalue weighted by molar-refractivity contribution is 5.92. The minimum absolute atomic E-state index is 0.0292. The fourth-order valence-electron chi connectivity index (χ4n) is 1.78. The SMILES string of the molecule is NC(=O)c1ccc(NCc2ccccc2C(F)(F)F)nc1. The molecule has 1 amide bonds. The fourth-order valence-corrected chi connectivity index (χ4v) is 1.78. The lowest BCUT2D eigenvalue weighted by Crippen LogP contribution is -2.13. The first kappa shape index (κ1) is 14.8. The molecule has 4 nitrogen and oxygen atoms in total. The standard InChI is InChI=1S/C14H12F3N3O/c15-14(16,17)11-4-2-1-3-9(11)7-19-12-6-5-10(8-20-12)13(18)21/h1-6,8H,7H2,(H2,18,21)(H,19,20). The number of aromatic nitrogens is 1. The summed E-state index contributed by atoms with van der Waals surface area (Å²) >= 11 is 0. The van der Waals surface area contributed by atoms with E-state index in [0.29, 0.717) is 5.82 Å². The van der Waals surface area contributed by atoms with Gasteiger partial charge in [-0.2, -0.15) is 13.2 Å². The van der Waals surface area contributed by atoms with Crippen molar-refractivity contribution in [2.75, 3.05) is 5.32 Å². The summed E-state index contributed by atoms with van der Waals surface area (Å²) in [5.74, 6) is -0.256. The lowest BCUT2D eigenvalue weighted by atomic mass is 10.1. The number of pyridine rings is 1. The third kappa shape index (κ3) is 3.71. The van der Waals surface area contributed by atoms with Gasteiger partial charge in [0.05, 0.1) is 11.1 Å². The van der Waals surface area contributed by atoms with Crippen LogP contribution in [0.5, 0.6) is 0 Å². The molecule has 0 bridgehead atoms. The van der Waals surface area contributed by atoms with Gasteiger partial charge in [0.1, 0.15) is 5.82 Å². The van der Waals surface area contributed by atoms with Gasteiger partial charge in [0.15, 0.2) is 0 Å². The van der Waals surface area contributed by atoms with Gasteiger partial charge >= 0.3 is 6.18 Å². The van der Waals surface area contributed by atoms with Gasteiger partial charge in [0.25, 0.3) is 0 Å². The molecule has 1 aromatic heterocycles. The van der Waals surface area contributed by atoms with E-state index < -0.39 is 17.6 Å². The van der Waals surface area contributed by atoms with Crippen molar-refractivity contribution >= 4 is 11.7 Å². The molecule has 0 aliphatic rings. The highest BCUT2D eigenvalue weighted by atomic mass is 19.4. The van der Waals surface area contributed by atoms with E-state index in [-0.39, 0.29) is 17.7 Å². The number of nitrogens with one attached hydrogen (secondary N) is 1. The van der Waals surface area contributed by atoms with Crippen molar-refractivity contribution in [2.45, 2.75) is 12.7 Å². The molecular weight excluding hydrogens is 283 g/mol. The van der Waals surface area contributed by atoms with Crippen LogP contribution in [0.4, 0.5) is 19.0 Å². The van der Waals surface area contributed by atoms with Crippen LogP contribution in [0.3, 0.4) is 0 Å². The average Bonchev–Trinajstić information content (AvgIpc) is 2.45. The zero-order valence-electron chi connectivity index (χ0n) is 10.8. The summed E-state index contributed by atoms with van der Waals surface area (Å²) in [5, 5.41) is 2.78. The number of nitrogens with two attached hydrogens (primary N) is 1. The van der Waals surface area contributed by atoms with E-state index in [1.807, 2.05) is 0 Å². The molecule has 1 heterocycles. The fraction of sp³-hybridized carbons (Fsp3) is 0.143. The summed E-state index contributed by atoms with van der Waals surface area (Å²) in [6.07, 6.45) is -3.14. The van der Waals surface area contributed by atoms with Crippen LogP contribution in [0.15, 0.2) is 42.6 Å². The van der Waals surface area contributed by atoms with Crippen molar-refractivity contribution in [1.82, 2.24) is 4.98 Å². The number of carbonyl (C=O) groups excluding carboxylic acids is 1.